The number of hydrogen-bond acceptors (Lipinski definition) is 3. The zero-order valence-corrected chi connectivity index (χ0v) is 12.6. The molecule has 0 unspecified atom stereocenters. The number of nitrogens with one attached hydrogen (secondary N) is 1. The molecule has 0 aliphatic heterocycles. The standard InChI is InChI=1S/C15H25N3O2/c1-4-20-9-5-8-17-15(16)18-11-13-6-7-14(19-3)12(2)10-13/h6-7,10H,4-5,8-9,11H2,1-3H3,(H3,16,17,18). The number of hydrogen-bond donors (Lipinski definition) is 2. The molecule has 0 aliphatic carbocycles. The molecule has 20 heavy (non-hydrogen) atoms. The van der Waals surface area contributed by atoms with Crippen molar-refractivity contribution in [1.29, 1.82) is 0 Å². The van der Waals surface area contributed by atoms with E-state index in [2.05, 4.69) is 16.4 Å². The van der Waals surface area contributed by atoms with Crippen molar-refractivity contribution in [1.82, 2.24) is 5.32 Å². The van der Waals surface area contributed by atoms with Crippen molar-refractivity contribution in [2.45, 2.75) is 26.8 Å². The van der Waals surface area contributed by atoms with Crippen LogP contribution in [-0.2, 0) is 11.3 Å². The van der Waals surface area contributed by atoms with Gasteiger partial charge in [0.1, 0.15) is 5.75 Å². The van der Waals surface area contributed by atoms with Crippen LogP contribution in [0, 0.1) is 6.92 Å². The van der Waals surface area contributed by atoms with Crippen molar-refractivity contribution in [3.8, 4) is 5.75 Å². The number of methoxy groups -OCH3 is 1. The molecule has 0 atom stereocenters. The third-order valence-corrected chi connectivity index (χ3v) is 2.87. The molecule has 0 radical (unpaired) electrons. The maximum Gasteiger partial charge on any atom is 0.188 e. The van der Waals surface area contributed by atoms with Gasteiger partial charge in [-0.05, 0) is 37.5 Å². The summed E-state index contributed by atoms with van der Waals surface area (Å²) in [6.45, 7) is 6.84. The van der Waals surface area contributed by atoms with Crippen LogP contribution in [-0.4, -0.2) is 32.8 Å². The Morgan fingerprint density at radius 2 is 2.20 bits per heavy atom. The Hall–Kier alpha value is -1.75. The van der Waals surface area contributed by atoms with Crippen LogP contribution < -0.4 is 15.8 Å². The molecule has 3 N–H and O–H groups in total. The average molecular weight is 279 g/mol. The summed E-state index contributed by atoms with van der Waals surface area (Å²) in [6, 6.07) is 6.01. The number of nitrogens with two attached hydrogens (primary N) is 1. The van der Waals surface area contributed by atoms with Crippen LogP contribution in [0.5, 0.6) is 5.75 Å². The van der Waals surface area contributed by atoms with Crippen LogP contribution in [0.3, 0.4) is 0 Å². The molecule has 0 fully saturated rings. The highest BCUT2D eigenvalue weighted by Gasteiger charge is 1.99. The Morgan fingerprint density at radius 3 is 2.85 bits per heavy atom. The van der Waals surface area contributed by atoms with Gasteiger partial charge in [0.25, 0.3) is 0 Å². The van der Waals surface area contributed by atoms with Crippen molar-refractivity contribution >= 4 is 5.96 Å². The van der Waals surface area contributed by atoms with Gasteiger partial charge in [-0.2, -0.15) is 0 Å². The Kier molecular flexibility index (Phi) is 7.50. The highest BCUT2D eigenvalue weighted by atomic mass is 16.5. The lowest BCUT2D eigenvalue weighted by molar-refractivity contribution is 0.145. The quantitative estimate of drug-likeness (QED) is 0.433. The monoisotopic (exact) mass is 279 g/mol. The van der Waals surface area contributed by atoms with Crippen molar-refractivity contribution in [3.05, 3.63) is 29.3 Å². The summed E-state index contributed by atoms with van der Waals surface area (Å²) < 4.78 is 10.5. The van der Waals surface area contributed by atoms with Gasteiger partial charge >= 0.3 is 0 Å². The van der Waals surface area contributed by atoms with Crippen molar-refractivity contribution in [3.63, 3.8) is 0 Å². The summed E-state index contributed by atoms with van der Waals surface area (Å²) in [6.07, 6.45) is 0.922. The predicted molar refractivity (Wildman–Crippen MR) is 82.2 cm³/mol. The zero-order valence-electron chi connectivity index (χ0n) is 12.6. The van der Waals surface area contributed by atoms with Gasteiger partial charge in [0.05, 0.1) is 13.7 Å². The molecule has 1 aromatic rings. The average Bonchev–Trinajstić information content (AvgIpc) is 2.45. The lowest BCUT2D eigenvalue weighted by Gasteiger charge is -2.07. The van der Waals surface area contributed by atoms with Gasteiger partial charge < -0.3 is 20.5 Å². The number of aliphatic imine (C=N–C) groups is 1. The molecule has 0 aliphatic rings. The maximum absolute atomic E-state index is 5.80. The molecule has 0 bridgehead atoms. The number of benzene rings is 1. The van der Waals surface area contributed by atoms with Gasteiger partial charge in [-0.25, -0.2) is 4.99 Å². The Bertz CT molecular complexity index is 433. The largest absolute Gasteiger partial charge is 0.496 e. The summed E-state index contributed by atoms with van der Waals surface area (Å²) in [4.78, 5) is 4.31. The first-order valence-corrected chi connectivity index (χ1v) is 6.92. The molecule has 1 rings (SSSR count). The molecule has 112 valence electrons. The van der Waals surface area contributed by atoms with Crippen LogP contribution in [0.2, 0.25) is 0 Å². The van der Waals surface area contributed by atoms with E-state index in [9.17, 15) is 0 Å². The van der Waals surface area contributed by atoms with E-state index in [4.69, 9.17) is 15.2 Å². The lowest BCUT2D eigenvalue weighted by Crippen LogP contribution is -2.32. The van der Waals surface area contributed by atoms with E-state index in [0.29, 0.717) is 12.5 Å². The minimum absolute atomic E-state index is 0.468. The smallest absolute Gasteiger partial charge is 0.188 e. The normalized spacial score (nSPS) is 11.4. The molecule has 5 nitrogen and oxygen atoms in total. The summed E-state index contributed by atoms with van der Waals surface area (Å²) in [7, 11) is 1.67. The molecule has 0 amide bonds. The summed E-state index contributed by atoms with van der Waals surface area (Å²) in [5.74, 6) is 1.36. The third kappa shape index (κ3) is 5.93. The van der Waals surface area contributed by atoms with E-state index in [1.165, 1.54) is 0 Å². The molecule has 0 saturated carbocycles. The predicted octanol–water partition coefficient (Wildman–Crippen LogP) is 1.83. The van der Waals surface area contributed by atoms with Crippen LogP contribution in [0.25, 0.3) is 0 Å². The Labute approximate surface area is 121 Å². The van der Waals surface area contributed by atoms with E-state index in [0.717, 1.165) is 43.1 Å². The minimum atomic E-state index is 0.468. The zero-order chi connectivity index (χ0) is 14.8. The van der Waals surface area contributed by atoms with Gasteiger partial charge in [-0.3, -0.25) is 0 Å². The summed E-state index contributed by atoms with van der Waals surface area (Å²) in [5, 5.41) is 3.07. The van der Waals surface area contributed by atoms with Gasteiger partial charge in [0, 0.05) is 19.8 Å². The topological polar surface area (TPSA) is 68.9 Å². The van der Waals surface area contributed by atoms with Gasteiger partial charge in [0.15, 0.2) is 5.96 Å². The first-order chi connectivity index (χ1) is 9.67. The molecule has 1 aromatic carbocycles. The fourth-order valence-corrected chi connectivity index (χ4v) is 1.81. The molecule has 5 heteroatoms. The number of aryl methyl sites for hydroxylation is 1. The molecular formula is C15H25N3O2. The van der Waals surface area contributed by atoms with Crippen LogP contribution in [0.4, 0.5) is 0 Å². The van der Waals surface area contributed by atoms with Crippen molar-refractivity contribution in [2.75, 3.05) is 26.9 Å². The SMILES string of the molecule is CCOCCCNC(N)=NCc1ccc(OC)c(C)c1. The van der Waals surface area contributed by atoms with Gasteiger partial charge in [-0.1, -0.05) is 12.1 Å². The highest BCUT2D eigenvalue weighted by molar-refractivity contribution is 5.77. The number of guanidine groups is 1. The third-order valence-electron chi connectivity index (χ3n) is 2.87. The van der Waals surface area contributed by atoms with Gasteiger partial charge in [0.2, 0.25) is 0 Å². The van der Waals surface area contributed by atoms with E-state index >= 15 is 0 Å². The highest BCUT2D eigenvalue weighted by Crippen LogP contribution is 2.18. The lowest BCUT2D eigenvalue weighted by atomic mass is 10.1. The van der Waals surface area contributed by atoms with Crippen LogP contribution in [0.15, 0.2) is 23.2 Å². The van der Waals surface area contributed by atoms with Gasteiger partial charge in [-0.15, -0.1) is 0 Å². The number of rotatable bonds is 8. The van der Waals surface area contributed by atoms with E-state index < -0.39 is 0 Å². The molecule has 0 spiro atoms. The van der Waals surface area contributed by atoms with Crippen LogP contribution in [0.1, 0.15) is 24.5 Å². The second kappa shape index (κ2) is 9.20. The van der Waals surface area contributed by atoms with Crippen LogP contribution >= 0.6 is 0 Å². The molecular weight excluding hydrogens is 254 g/mol. The molecule has 0 saturated heterocycles. The fraction of sp³-hybridized carbons (Fsp3) is 0.533. The fourth-order valence-electron chi connectivity index (χ4n) is 1.81. The van der Waals surface area contributed by atoms with E-state index in [-0.39, 0.29) is 0 Å². The number of ether oxygens (including phenoxy) is 2. The van der Waals surface area contributed by atoms with E-state index in [1.54, 1.807) is 7.11 Å². The van der Waals surface area contributed by atoms with E-state index in [1.807, 2.05) is 26.0 Å². The summed E-state index contributed by atoms with van der Waals surface area (Å²) >= 11 is 0. The summed E-state index contributed by atoms with van der Waals surface area (Å²) in [5.41, 5.74) is 8.02. The van der Waals surface area contributed by atoms with Crippen molar-refractivity contribution in [2.24, 2.45) is 10.7 Å². The number of nitrogens with zero attached hydrogens (tertiary/aromatic N) is 1. The van der Waals surface area contributed by atoms with Crippen molar-refractivity contribution < 1.29 is 9.47 Å². The maximum atomic E-state index is 5.80. The minimum Gasteiger partial charge on any atom is -0.496 e. The Morgan fingerprint density at radius 1 is 1.40 bits per heavy atom. The second-order valence-electron chi connectivity index (χ2n) is 4.48. The second-order valence-corrected chi connectivity index (χ2v) is 4.48. The first-order valence-electron chi connectivity index (χ1n) is 6.92. The molecule has 0 heterocycles. The first kappa shape index (κ1) is 16.3. The molecule has 0 aromatic heterocycles. The Balaban J connectivity index is 2.36.